The molecule has 7 heteroatoms. The number of benzene rings is 2. The molecule has 0 fully saturated rings. The molecule has 2 rings (SSSR count). The highest BCUT2D eigenvalue weighted by atomic mass is 16.4. The Morgan fingerprint density at radius 2 is 1.41 bits per heavy atom. The summed E-state index contributed by atoms with van der Waals surface area (Å²) in [5.74, 6) is -3.22. The second-order valence-corrected chi connectivity index (χ2v) is 4.31. The Bertz CT molecular complexity index is 779. The van der Waals surface area contributed by atoms with Crippen molar-refractivity contribution in [1.82, 2.24) is 0 Å². The van der Waals surface area contributed by atoms with Crippen LogP contribution in [0.2, 0.25) is 0 Å². The molecule has 0 aliphatic rings. The van der Waals surface area contributed by atoms with E-state index in [1.807, 2.05) is 0 Å². The quantitative estimate of drug-likeness (QED) is 0.646. The molecule has 0 bridgehead atoms. The molecule has 0 radical (unpaired) electrons. The molecular formula is C15H9NO6. The molecule has 0 saturated heterocycles. The number of carbonyl (C=O) groups excluding carboxylic acids is 1. The van der Waals surface area contributed by atoms with Crippen molar-refractivity contribution in [2.24, 2.45) is 5.18 Å². The number of ketones is 1. The van der Waals surface area contributed by atoms with E-state index >= 15 is 0 Å². The van der Waals surface area contributed by atoms with E-state index in [-0.39, 0.29) is 22.4 Å². The van der Waals surface area contributed by atoms with Crippen molar-refractivity contribution in [3.63, 3.8) is 0 Å². The van der Waals surface area contributed by atoms with Crippen LogP contribution in [0.5, 0.6) is 0 Å². The predicted molar refractivity (Wildman–Crippen MR) is 75.7 cm³/mol. The number of aromatic carboxylic acids is 2. The van der Waals surface area contributed by atoms with E-state index in [9.17, 15) is 19.3 Å². The van der Waals surface area contributed by atoms with Crippen LogP contribution in [-0.2, 0) is 0 Å². The van der Waals surface area contributed by atoms with Gasteiger partial charge in [-0.25, -0.2) is 9.59 Å². The lowest BCUT2D eigenvalue weighted by Gasteiger charge is -2.07. The lowest BCUT2D eigenvalue weighted by atomic mass is 9.96. The molecular weight excluding hydrogens is 290 g/mol. The van der Waals surface area contributed by atoms with E-state index in [2.05, 4.69) is 5.18 Å². The summed E-state index contributed by atoms with van der Waals surface area (Å²) in [7, 11) is 0. The van der Waals surface area contributed by atoms with Gasteiger partial charge in [-0.15, -0.1) is 4.91 Å². The highest BCUT2D eigenvalue weighted by Gasteiger charge is 2.22. The first-order valence-corrected chi connectivity index (χ1v) is 6.03. The van der Waals surface area contributed by atoms with Crippen LogP contribution in [-0.4, -0.2) is 27.9 Å². The van der Waals surface area contributed by atoms with Crippen LogP contribution in [0.1, 0.15) is 36.6 Å². The van der Waals surface area contributed by atoms with Crippen LogP contribution in [0, 0.1) is 4.91 Å². The SMILES string of the molecule is O=Nc1cccc(C(=O)c2ccc(C(=O)O)cc2)c1C(=O)O. The largest absolute Gasteiger partial charge is 0.478 e. The van der Waals surface area contributed by atoms with Crippen LogP contribution >= 0.6 is 0 Å². The molecule has 2 N–H and O–H groups in total. The van der Waals surface area contributed by atoms with Gasteiger partial charge in [0.15, 0.2) is 5.78 Å². The van der Waals surface area contributed by atoms with Crippen LogP contribution < -0.4 is 0 Å². The molecule has 2 aromatic carbocycles. The van der Waals surface area contributed by atoms with Crippen molar-refractivity contribution in [2.45, 2.75) is 0 Å². The summed E-state index contributed by atoms with van der Waals surface area (Å²) >= 11 is 0. The minimum Gasteiger partial charge on any atom is -0.478 e. The van der Waals surface area contributed by atoms with Gasteiger partial charge in [-0.2, -0.15) is 0 Å². The lowest BCUT2D eigenvalue weighted by molar-refractivity contribution is 0.0685. The first-order chi connectivity index (χ1) is 10.5. The zero-order valence-corrected chi connectivity index (χ0v) is 11.0. The maximum Gasteiger partial charge on any atom is 0.338 e. The van der Waals surface area contributed by atoms with E-state index in [4.69, 9.17) is 10.2 Å². The Morgan fingerprint density at radius 3 is 1.91 bits per heavy atom. The topological polar surface area (TPSA) is 121 Å². The van der Waals surface area contributed by atoms with Crippen LogP contribution in [0.15, 0.2) is 47.6 Å². The van der Waals surface area contributed by atoms with E-state index < -0.39 is 23.3 Å². The van der Waals surface area contributed by atoms with Gasteiger partial charge in [0, 0.05) is 11.1 Å². The summed E-state index contributed by atoms with van der Waals surface area (Å²) in [6.45, 7) is 0. The molecule has 0 unspecified atom stereocenters. The Morgan fingerprint density at radius 1 is 0.818 bits per heavy atom. The minimum atomic E-state index is -1.44. The van der Waals surface area contributed by atoms with Crippen molar-refractivity contribution in [3.05, 3.63) is 69.6 Å². The summed E-state index contributed by atoms with van der Waals surface area (Å²) < 4.78 is 0. The van der Waals surface area contributed by atoms with Crippen molar-refractivity contribution in [1.29, 1.82) is 0 Å². The van der Waals surface area contributed by atoms with E-state index in [1.54, 1.807) is 0 Å². The molecule has 0 heterocycles. The zero-order chi connectivity index (χ0) is 16.3. The molecule has 0 aliphatic carbocycles. The number of hydrogen-bond donors (Lipinski definition) is 2. The normalized spacial score (nSPS) is 10.0. The Kier molecular flexibility index (Phi) is 4.08. The maximum atomic E-state index is 12.4. The highest BCUT2D eigenvalue weighted by Crippen LogP contribution is 2.25. The molecule has 2 aromatic rings. The molecule has 110 valence electrons. The summed E-state index contributed by atoms with van der Waals surface area (Å²) in [5, 5.41) is 20.6. The minimum absolute atomic E-state index is 0.00156. The summed E-state index contributed by atoms with van der Waals surface area (Å²) in [5.41, 5.74) is -0.910. The van der Waals surface area contributed by atoms with E-state index in [1.165, 1.54) is 42.5 Å². The fourth-order valence-corrected chi connectivity index (χ4v) is 1.95. The average Bonchev–Trinajstić information content (AvgIpc) is 2.53. The molecule has 0 aliphatic heterocycles. The first kappa shape index (κ1) is 15.0. The number of hydrogen-bond acceptors (Lipinski definition) is 5. The van der Waals surface area contributed by atoms with Gasteiger partial charge < -0.3 is 10.2 Å². The molecule has 0 atom stereocenters. The Hall–Kier alpha value is -3.35. The Labute approximate surface area is 123 Å². The van der Waals surface area contributed by atoms with Crippen molar-refractivity contribution in [2.75, 3.05) is 0 Å². The van der Waals surface area contributed by atoms with Gasteiger partial charge in [-0.1, -0.05) is 24.3 Å². The number of nitroso groups, excluding NO2 is 1. The number of carboxylic acids is 2. The van der Waals surface area contributed by atoms with Gasteiger partial charge in [-0.3, -0.25) is 4.79 Å². The number of rotatable bonds is 5. The van der Waals surface area contributed by atoms with Gasteiger partial charge in [0.2, 0.25) is 0 Å². The maximum absolute atomic E-state index is 12.4. The molecule has 0 saturated carbocycles. The zero-order valence-electron chi connectivity index (χ0n) is 11.0. The lowest BCUT2D eigenvalue weighted by Crippen LogP contribution is -2.10. The standard InChI is InChI=1S/C15H9NO6/c17-13(8-4-6-9(7-5-8)14(18)19)10-2-1-3-11(16-22)12(10)15(20)21/h1-7H,(H,18,19)(H,20,21). The van der Waals surface area contributed by atoms with Gasteiger partial charge >= 0.3 is 11.9 Å². The molecule has 0 spiro atoms. The van der Waals surface area contributed by atoms with Crippen LogP contribution in [0.4, 0.5) is 5.69 Å². The van der Waals surface area contributed by atoms with Crippen LogP contribution in [0.3, 0.4) is 0 Å². The van der Waals surface area contributed by atoms with Crippen molar-refractivity contribution >= 4 is 23.4 Å². The smallest absolute Gasteiger partial charge is 0.338 e. The fraction of sp³-hybridized carbons (Fsp3) is 0. The highest BCUT2D eigenvalue weighted by molar-refractivity contribution is 6.16. The number of carboxylic acid groups (broad SMARTS) is 2. The monoisotopic (exact) mass is 299 g/mol. The second kappa shape index (κ2) is 5.96. The summed E-state index contributed by atoms with van der Waals surface area (Å²) in [6, 6.07) is 8.83. The van der Waals surface area contributed by atoms with Crippen molar-refractivity contribution < 1.29 is 24.6 Å². The van der Waals surface area contributed by atoms with Gasteiger partial charge in [0.1, 0.15) is 5.69 Å². The third kappa shape index (κ3) is 2.73. The first-order valence-electron chi connectivity index (χ1n) is 6.03. The third-order valence-electron chi connectivity index (χ3n) is 2.99. The van der Waals surface area contributed by atoms with Gasteiger partial charge in [-0.05, 0) is 23.4 Å². The number of nitrogens with zero attached hydrogens (tertiary/aromatic N) is 1. The van der Waals surface area contributed by atoms with Gasteiger partial charge in [0.25, 0.3) is 0 Å². The number of carbonyl (C=O) groups is 3. The fourth-order valence-electron chi connectivity index (χ4n) is 1.95. The Balaban J connectivity index is 2.52. The second-order valence-electron chi connectivity index (χ2n) is 4.31. The van der Waals surface area contributed by atoms with Crippen LogP contribution in [0.25, 0.3) is 0 Å². The summed E-state index contributed by atoms with van der Waals surface area (Å²) in [4.78, 5) is 45.1. The third-order valence-corrected chi connectivity index (χ3v) is 2.99. The van der Waals surface area contributed by atoms with Gasteiger partial charge in [0.05, 0.1) is 11.1 Å². The van der Waals surface area contributed by atoms with E-state index in [0.717, 1.165) is 0 Å². The molecule has 0 aromatic heterocycles. The molecule has 0 amide bonds. The average molecular weight is 299 g/mol. The molecule has 7 nitrogen and oxygen atoms in total. The summed E-state index contributed by atoms with van der Waals surface area (Å²) in [6.07, 6.45) is 0. The predicted octanol–water partition coefficient (Wildman–Crippen LogP) is 2.71. The van der Waals surface area contributed by atoms with E-state index in [0.29, 0.717) is 0 Å². The molecule has 22 heavy (non-hydrogen) atoms. The van der Waals surface area contributed by atoms with Crippen molar-refractivity contribution in [3.8, 4) is 0 Å².